The van der Waals surface area contributed by atoms with Gasteiger partial charge in [0.1, 0.15) is 17.2 Å². The van der Waals surface area contributed by atoms with Gasteiger partial charge in [-0.25, -0.2) is 18.6 Å². The molecule has 3 fully saturated rings. The van der Waals surface area contributed by atoms with Gasteiger partial charge >= 0.3 is 5.97 Å². The molecule has 0 N–H and O–H groups in total. The van der Waals surface area contributed by atoms with Gasteiger partial charge in [0.2, 0.25) is 0 Å². The molecule has 0 amide bonds. The minimum Gasteiger partial charge on any atom is -0.465 e. The lowest BCUT2D eigenvalue weighted by Gasteiger charge is -2.54. The Morgan fingerprint density at radius 2 is 1.89 bits per heavy atom. The van der Waals surface area contributed by atoms with Crippen molar-refractivity contribution >= 4 is 34.3 Å². The summed E-state index contributed by atoms with van der Waals surface area (Å²) in [5.41, 5.74) is 2.14. The van der Waals surface area contributed by atoms with Crippen molar-refractivity contribution in [1.82, 2.24) is 14.5 Å². The van der Waals surface area contributed by atoms with E-state index in [0.717, 1.165) is 43.9 Å². The molecule has 1 aliphatic carbocycles. The monoisotopic (exact) mass is 650 g/mol. The third-order valence-corrected chi connectivity index (χ3v) is 10.1. The number of hydrogen-bond donors (Lipinski definition) is 0. The van der Waals surface area contributed by atoms with Crippen LogP contribution in [0.1, 0.15) is 47.9 Å². The molecule has 1 unspecified atom stereocenters. The third-order valence-electron chi connectivity index (χ3n) is 9.82. The molecule has 2 saturated heterocycles. The molecular formula is C34H33ClF2N4O5. The summed E-state index contributed by atoms with van der Waals surface area (Å²) in [5.74, 6) is -1.07. The summed E-state index contributed by atoms with van der Waals surface area (Å²) in [6.45, 7) is 4.94. The van der Waals surface area contributed by atoms with Crippen LogP contribution in [-0.4, -0.2) is 65.4 Å². The van der Waals surface area contributed by atoms with E-state index in [1.54, 1.807) is 25.1 Å². The molecular weight excluding hydrogens is 618 g/mol. The average molecular weight is 651 g/mol. The number of rotatable bonds is 7. The number of piperazine rings is 1. The van der Waals surface area contributed by atoms with Crippen LogP contribution in [0, 0.1) is 11.6 Å². The predicted molar refractivity (Wildman–Crippen MR) is 166 cm³/mol. The van der Waals surface area contributed by atoms with Crippen molar-refractivity contribution in [2.75, 3.05) is 31.7 Å². The maximum Gasteiger partial charge on any atom is 0.338 e. The van der Waals surface area contributed by atoms with Crippen molar-refractivity contribution in [3.8, 4) is 11.5 Å². The maximum atomic E-state index is 15.3. The molecule has 9 nitrogen and oxygen atoms in total. The highest BCUT2D eigenvalue weighted by molar-refractivity contribution is 6.30. The number of methoxy groups -OCH3 is 1. The molecule has 4 aromatic rings. The van der Waals surface area contributed by atoms with Gasteiger partial charge in [-0.2, -0.15) is 0 Å². The summed E-state index contributed by atoms with van der Waals surface area (Å²) in [4.78, 5) is 21.8. The van der Waals surface area contributed by atoms with E-state index in [2.05, 4.69) is 9.80 Å². The molecule has 4 atom stereocenters. The van der Waals surface area contributed by atoms with Gasteiger partial charge in [-0.15, -0.1) is 0 Å². The van der Waals surface area contributed by atoms with Gasteiger partial charge < -0.3 is 28.4 Å². The lowest BCUT2D eigenvalue weighted by atomic mass is 9.81. The number of anilines is 1. The fraction of sp³-hybridized carbons (Fsp3) is 0.412. The van der Waals surface area contributed by atoms with Crippen molar-refractivity contribution in [2.24, 2.45) is 0 Å². The molecule has 1 aromatic heterocycles. The van der Waals surface area contributed by atoms with Gasteiger partial charge in [0.15, 0.2) is 17.3 Å². The zero-order valence-corrected chi connectivity index (χ0v) is 26.2. The Balaban J connectivity index is 1.06. The largest absolute Gasteiger partial charge is 0.465 e. The number of ether oxygens (including phenoxy) is 4. The van der Waals surface area contributed by atoms with E-state index in [1.807, 2.05) is 22.8 Å². The maximum absolute atomic E-state index is 15.3. The van der Waals surface area contributed by atoms with Crippen LogP contribution in [-0.2, 0) is 28.4 Å². The van der Waals surface area contributed by atoms with Gasteiger partial charge in [-0.1, -0.05) is 17.7 Å². The first kappa shape index (κ1) is 29.5. The van der Waals surface area contributed by atoms with Gasteiger partial charge in [0.05, 0.1) is 48.6 Å². The van der Waals surface area contributed by atoms with Crippen molar-refractivity contribution in [3.05, 3.63) is 82.1 Å². The first-order valence-electron chi connectivity index (χ1n) is 15.6. The topological polar surface area (TPSA) is 78.3 Å². The third kappa shape index (κ3) is 4.78. The van der Waals surface area contributed by atoms with Gasteiger partial charge in [-0.3, -0.25) is 4.90 Å². The number of carbonyl (C=O) groups excluding carboxylic acids is 1. The molecule has 4 heterocycles. The van der Waals surface area contributed by atoms with E-state index in [9.17, 15) is 9.18 Å². The van der Waals surface area contributed by atoms with Crippen molar-refractivity contribution in [2.45, 2.75) is 63.3 Å². The average Bonchev–Trinajstić information content (AvgIpc) is 3.52. The minimum absolute atomic E-state index is 0.0173. The van der Waals surface area contributed by atoms with E-state index in [4.69, 9.17) is 35.5 Å². The SMILES string of the molecule is COC(=O)c1cc(F)c2nc(CN3CCN(c4cccc5c4OC(C)(c4ccc(Cl)cc4F)O5)[C@H]4CC[C@H]43)n(C[C@@H]3CCO3)c2c1. The van der Waals surface area contributed by atoms with Crippen LogP contribution >= 0.6 is 11.6 Å². The standard InChI is InChI=1S/C34H33ClF2N4O5/c1-34(22-7-6-20(35)16-23(22)36)45-29-5-3-4-27(32(29)46-34)40-12-11-39(25-8-9-26(25)40)18-30-38-31-24(37)14-19(33(42)43-2)15-28(31)41(30)17-21-10-13-44-21/h3-7,14-16,21,25-26H,8-13,17-18H2,1-2H3/t21-,25+,26-,34?/m0/s1. The zero-order chi connectivity index (χ0) is 31.7. The first-order chi connectivity index (χ1) is 22.2. The van der Waals surface area contributed by atoms with Crippen LogP contribution in [0.4, 0.5) is 14.5 Å². The number of hydrogen-bond acceptors (Lipinski definition) is 8. The normalized spacial score (nSPS) is 25.2. The predicted octanol–water partition coefficient (Wildman–Crippen LogP) is 6.04. The van der Waals surface area contributed by atoms with E-state index in [0.29, 0.717) is 41.7 Å². The highest BCUT2D eigenvalue weighted by atomic mass is 35.5. The summed E-state index contributed by atoms with van der Waals surface area (Å²) in [5, 5.41) is 0.304. The number of carbonyl (C=O) groups is 1. The molecule has 0 spiro atoms. The Kier molecular flexibility index (Phi) is 7.11. The summed E-state index contributed by atoms with van der Waals surface area (Å²) in [6.07, 6.45) is 2.94. The highest BCUT2D eigenvalue weighted by Gasteiger charge is 2.47. The fourth-order valence-corrected chi connectivity index (χ4v) is 7.39. The van der Waals surface area contributed by atoms with Crippen molar-refractivity contribution in [1.29, 1.82) is 0 Å². The van der Waals surface area contributed by atoms with Crippen LogP contribution in [0.5, 0.6) is 11.5 Å². The number of para-hydroxylation sites is 1. The molecule has 3 aliphatic heterocycles. The summed E-state index contributed by atoms with van der Waals surface area (Å²) >= 11 is 6.00. The number of esters is 1. The van der Waals surface area contributed by atoms with Gasteiger partial charge in [0.25, 0.3) is 5.79 Å². The number of nitrogens with zero attached hydrogens (tertiary/aromatic N) is 4. The molecule has 46 heavy (non-hydrogen) atoms. The Bertz CT molecular complexity index is 1870. The Morgan fingerprint density at radius 1 is 1.07 bits per heavy atom. The summed E-state index contributed by atoms with van der Waals surface area (Å²) < 4.78 is 55.4. The first-order valence-corrected chi connectivity index (χ1v) is 16.0. The molecule has 3 aromatic carbocycles. The molecule has 12 heteroatoms. The molecule has 4 aliphatic rings. The Morgan fingerprint density at radius 3 is 2.61 bits per heavy atom. The second kappa shape index (κ2) is 11.1. The second-order valence-electron chi connectivity index (χ2n) is 12.5. The Hall–Kier alpha value is -3.93. The molecule has 0 bridgehead atoms. The minimum atomic E-state index is -1.33. The van der Waals surface area contributed by atoms with Crippen LogP contribution in [0.3, 0.4) is 0 Å². The van der Waals surface area contributed by atoms with Crippen LogP contribution in [0.25, 0.3) is 11.0 Å². The highest BCUT2D eigenvalue weighted by Crippen LogP contribution is 2.51. The van der Waals surface area contributed by atoms with E-state index in [1.165, 1.54) is 19.2 Å². The number of halogens is 3. The van der Waals surface area contributed by atoms with E-state index >= 15 is 4.39 Å². The van der Waals surface area contributed by atoms with Gasteiger partial charge in [0, 0.05) is 43.7 Å². The number of fused-ring (bicyclic) bond motifs is 3. The Labute approximate surface area is 269 Å². The molecule has 1 saturated carbocycles. The number of benzene rings is 3. The fourth-order valence-electron chi connectivity index (χ4n) is 7.23. The number of imidazole rings is 1. The molecule has 0 radical (unpaired) electrons. The molecule has 240 valence electrons. The van der Waals surface area contributed by atoms with Crippen molar-refractivity contribution < 1.29 is 32.5 Å². The van der Waals surface area contributed by atoms with Crippen molar-refractivity contribution in [3.63, 3.8) is 0 Å². The lowest BCUT2D eigenvalue weighted by Crippen LogP contribution is -2.64. The van der Waals surface area contributed by atoms with Gasteiger partial charge in [-0.05, 0) is 61.7 Å². The lowest BCUT2D eigenvalue weighted by molar-refractivity contribution is -0.0706. The van der Waals surface area contributed by atoms with E-state index in [-0.39, 0.29) is 34.8 Å². The summed E-state index contributed by atoms with van der Waals surface area (Å²) in [7, 11) is 1.28. The molecule has 8 rings (SSSR count). The van der Waals surface area contributed by atoms with E-state index < -0.39 is 23.4 Å². The number of aromatic nitrogens is 2. The quantitative estimate of drug-likeness (QED) is 0.224. The second-order valence-corrected chi connectivity index (χ2v) is 12.9. The smallest absolute Gasteiger partial charge is 0.338 e. The summed E-state index contributed by atoms with van der Waals surface area (Å²) in [6, 6.07) is 13.6. The zero-order valence-electron chi connectivity index (χ0n) is 25.5. The van der Waals surface area contributed by atoms with Crippen LogP contribution in [0.2, 0.25) is 5.02 Å². The van der Waals surface area contributed by atoms with Crippen LogP contribution in [0.15, 0.2) is 48.5 Å². The van der Waals surface area contributed by atoms with Crippen LogP contribution < -0.4 is 14.4 Å².